The van der Waals surface area contributed by atoms with Gasteiger partial charge in [0.05, 0.1) is 0 Å². The molecule has 0 aliphatic carbocycles. The molecule has 0 aliphatic heterocycles. The normalized spacial score (nSPS) is 9.92. The predicted molar refractivity (Wildman–Crippen MR) is 43.5 cm³/mol. The Balaban J connectivity index is 3.46. The van der Waals surface area contributed by atoms with Gasteiger partial charge in [-0.05, 0) is 0 Å². The number of nitrogens with two attached hydrogens (primary N) is 1. The number of rotatable bonds is 2. The molecule has 0 saturated carbocycles. The van der Waals surface area contributed by atoms with Gasteiger partial charge in [-0.1, -0.05) is 0 Å². The van der Waals surface area contributed by atoms with Crippen LogP contribution in [0.4, 0.5) is 5.82 Å². The maximum atomic E-state index is 11.0. The molecule has 7 nitrogen and oxygen atoms in total. The number of ketones is 1. The minimum Gasteiger partial charge on any atom is -0.388 e. The van der Waals surface area contributed by atoms with Gasteiger partial charge in [-0.2, -0.15) is 0 Å². The predicted octanol–water partition coefficient (Wildman–Crippen LogP) is -2.18. The van der Waals surface area contributed by atoms with Gasteiger partial charge in [0.25, 0.3) is 5.56 Å². The minimum atomic E-state index is -0.903. The number of H-pyrrole nitrogens is 2. The van der Waals surface area contributed by atoms with Crippen molar-refractivity contribution in [2.24, 2.45) is 0 Å². The number of anilines is 1. The number of hydrogen-bond acceptors (Lipinski definition) is 5. The summed E-state index contributed by atoms with van der Waals surface area (Å²) in [5.74, 6) is -1.18. The van der Waals surface area contributed by atoms with E-state index in [9.17, 15) is 14.4 Å². The number of nitrogen functional groups attached to an aromatic ring is 1. The quantitative estimate of drug-likeness (QED) is 0.389. The zero-order valence-electron chi connectivity index (χ0n) is 6.46. The zero-order chi connectivity index (χ0) is 10.0. The van der Waals surface area contributed by atoms with Crippen LogP contribution in [0.5, 0.6) is 0 Å². The third kappa shape index (κ3) is 1.64. The van der Waals surface area contributed by atoms with Crippen LogP contribution in [0.1, 0.15) is 10.4 Å². The molecule has 1 heterocycles. The first-order chi connectivity index (χ1) is 6.06. The SMILES string of the molecule is Nc1[nH]c(=O)[nH]c(=O)c1C(=O)CO. The summed E-state index contributed by atoms with van der Waals surface area (Å²) in [4.78, 5) is 36.3. The summed E-state index contributed by atoms with van der Waals surface area (Å²) < 4.78 is 0. The zero-order valence-corrected chi connectivity index (χ0v) is 6.46. The van der Waals surface area contributed by atoms with E-state index in [4.69, 9.17) is 10.8 Å². The first kappa shape index (κ1) is 9.20. The summed E-state index contributed by atoms with van der Waals surface area (Å²) in [5.41, 5.74) is 3.07. The van der Waals surface area contributed by atoms with Crippen LogP contribution in [0.25, 0.3) is 0 Å². The highest BCUT2D eigenvalue weighted by Gasteiger charge is 2.14. The Morgan fingerprint density at radius 3 is 2.46 bits per heavy atom. The van der Waals surface area contributed by atoms with Crippen LogP contribution in [0.15, 0.2) is 9.59 Å². The number of aliphatic hydroxyl groups excluding tert-OH is 1. The van der Waals surface area contributed by atoms with E-state index in [1.807, 2.05) is 9.97 Å². The molecule has 5 N–H and O–H groups in total. The van der Waals surface area contributed by atoms with E-state index in [2.05, 4.69) is 0 Å². The Bertz CT molecular complexity index is 444. The van der Waals surface area contributed by atoms with Gasteiger partial charge in [0, 0.05) is 0 Å². The Morgan fingerprint density at radius 2 is 2.00 bits per heavy atom. The van der Waals surface area contributed by atoms with Crippen LogP contribution in [-0.4, -0.2) is 27.5 Å². The summed E-state index contributed by atoms with van der Waals surface area (Å²) in [6.45, 7) is -0.834. The molecule has 1 rings (SSSR count). The maximum Gasteiger partial charge on any atom is 0.327 e. The van der Waals surface area contributed by atoms with Gasteiger partial charge in [0.1, 0.15) is 18.0 Å². The van der Waals surface area contributed by atoms with Gasteiger partial charge in [-0.15, -0.1) is 0 Å². The number of aromatic amines is 2. The molecule has 1 aromatic heterocycles. The summed E-state index contributed by atoms with van der Waals surface area (Å²) in [7, 11) is 0. The van der Waals surface area contributed by atoms with Crippen LogP contribution in [0, 0.1) is 0 Å². The highest BCUT2D eigenvalue weighted by molar-refractivity contribution is 6.00. The second-order valence-corrected chi connectivity index (χ2v) is 2.28. The van der Waals surface area contributed by atoms with E-state index in [-0.39, 0.29) is 5.82 Å². The monoisotopic (exact) mass is 185 g/mol. The highest BCUT2D eigenvalue weighted by atomic mass is 16.3. The number of Topliss-reactive ketones (excluding diaryl/α,β-unsaturated/α-hetero) is 1. The third-order valence-electron chi connectivity index (χ3n) is 1.39. The number of hydrogen-bond donors (Lipinski definition) is 4. The van der Waals surface area contributed by atoms with Crippen LogP contribution in [-0.2, 0) is 0 Å². The van der Waals surface area contributed by atoms with Crippen LogP contribution in [0.3, 0.4) is 0 Å². The molecule has 0 atom stereocenters. The second kappa shape index (κ2) is 3.23. The van der Waals surface area contributed by atoms with Crippen LogP contribution < -0.4 is 17.0 Å². The van der Waals surface area contributed by atoms with Crippen molar-refractivity contribution in [1.82, 2.24) is 9.97 Å². The first-order valence-electron chi connectivity index (χ1n) is 3.32. The Hall–Kier alpha value is -1.89. The maximum absolute atomic E-state index is 11.0. The largest absolute Gasteiger partial charge is 0.388 e. The molecule has 7 heteroatoms. The van der Waals surface area contributed by atoms with Gasteiger partial charge in [-0.3, -0.25) is 19.6 Å². The van der Waals surface area contributed by atoms with Crippen molar-refractivity contribution in [3.05, 3.63) is 26.4 Å². The highest BCUT2D eigenvalue weighted by Crippen LogP contribution is 1.98. The van der Waals surface area contributed by atoms with Crippen molar-refractivity contribution < 1.29 is 9.90 Å². The number of aliphatic hydroxyl groups is 1. The molecule has 13 heavy (non-hydrogen) atoms. The second-order valence-electron chi connectivity index (χ2n) is 2.28. The van der Waals surface area contributed by atoms with E-state index >= 15 is 0 Å². The van der Waals surface area contributed by atoms with Crippen molar-refractivity contribution in [3.8, 4) is 0 Å². The number of aromatic nitrogens is 2. The van der Waals surface area contributed by atoms with E-state index < -0.39 is 29.2 Å². The Labute approximate surface area is 71.2 Å². The molecule has 1 aromatic rings. The summed E-state index contributed by atoms with van der Waals surface area (Å²) in [5, 5.41) is 8.46. The van der Waals surface area contributed by atoms with Crippen LogP contribution >= 0.6 is 0 Å². The standard InChI is InChI=1S/C6H7N3O4/c7-4-3(2(11)1-10)5(12)9-6(13)8-4/h10H,1H2,(H4,7,8,9,12,13). The molecular weight excluding hydrogens is 178 g/mol. The molecule has 0 amide bonds. The Morgan fingerprint density at radius 1 is 1.38 bits per heavy atom. The molecule has 0 fully saturated rings. The summed E-state index contributed by atoms with van der Waals surface area (Å²) >= 11 is 0. The minimum absolute atomic E-state index is 0.340. The molecule has 0 bridgehead atoms. The molecule has 0 unspecified atom stereocenters. The molecule has 70 valence electrons. The molecule has 0 saturated heterocycles. The molecule has 0 aliphatic rings. The fraction of sp³-hybridized carbons (Fsp3) is 0.167. The van der Waals surface area contributed by atoms with Gasteiger partial charge in [0.15, 0.2) is 5.78 Å². The fourth-order valence-corrected chi connectivity index (χ4v) is 0.860. The fourth-order valence-electron chi connectivity index (χ4n) is 0.860. The average Bonchev–Trinajstić information content (AvgIpc) is 2.02. The molecule has 0 radical (unpaired) electrons. The lowest BCUT2D eigenvalue weighted by atomic mass is 10.2. The third-order valence-corrected chi connectivity index (χ3v) is 1.39. The van der Waals surface area contributed by atoms with Crippen molar-refractivity contribution in [3.63, 3.8) is 0 Å². The van der Waals surface area contributed by atoms with Crippen molar-refractivity contribution >= 4 is 11.6 Å². The van der Waals surface area contributed by atoms with Crippen molar-refractivity contribution in [2.45, 2.75) is 0 Å². The molecular formula is C6H7N3O4. The number of carbonyl (C=O) groups is 1. The van der Waals surface area contributed by atoms with Gasteiger partial charge >= 0.3 is 5.69 Å². The lowest BCUT2D eigenvalue weighted by Gasteiger charge is -1.98. The van der Waals surface area contributed by atoms with E-state index in [0.29, 0.717) is 0 Å². The first-order valence-corrected chi connectivity index (χ1v) is 3.32. The number of carbonyl (C=O) groups excluding carboxylic acids is 1. The van der Waals surface area contributed by atoms with E-state index in [1.165, 1.54) is 0 Å². The Kier molecular flexibility index (Phi) is 2.29. The molecule has 0 spiro atoms. The van der Waals surface area contributed by atoms with Crippen molar-refractivity contribution in [1.29, 1.82) is 0 Å². The van der Waals surface area contributed by atoms with Gasteiger partial charge in [-0.25, -0.2) is 4.79 Å². The lowest BCUT2D eigenvalue weighted by molar-refractivity contribution is 0.0902. The lowest BCUT2D eigenvalue weighted by Crippen LogP contribution is -2.30. The smallest absolute Gasteiger partial charge is 0.327 e. The number of nitrogens with one attached hydrogen (secondary N) is 2. The van der Waals surface area contributed by atoms with Crippen molar-refractivity contribution in [2.75, 3.05) is 12.3 Å². The van der Waals surface area contributed by atoms with E-state index in [0.717, 1.165) is 0 Å². The summed E-state index contributed by atoms with van der Waals surface area (Å²) in [6.07, 6.45) is 0. The van der Waals surface area contributed by atoms with E-state index in [1.54, 1.807) is 0 Å². The van der Waals surface area contributed by atoms with Gasteiger partial charge < -0.3 is 10.8 Å². The van der Waals surface area contributed by atoms with Gasteiger partial charge in [0.2, 0.25) is 0 Å². The summed E-state index contributed by atoms with van der Waals surface area (Å²) in [6, 6.07) is 0. The molecule has 0 aromatic carbocycles. The topological polar surface area (TPSA) is 129 Å². The van der Waals surface area contributed by atoms with Crippen LogP contribution in [0.2, 0.25) is 0 Å². The average molecular weight is 185 g/mol.